The maximum atomic E-state index is 11.6. The second-order valence-corrected chi connectivity index (χ2v) is 9.18. The molecule has 1 saturated heterocycles. The van der Waals surface area contributed by atoms with Gasteiger partial charge < -0.3 is 10.5 Å². The molecule has 0 aromatic carbocycles. The number of carbonyl (C=O) groups is 1. The van der Waals surface area contributed by atoms with E-state index in [2.05, 4.69) is 11.0 Å². The van der Waals surface area contributed by atoms with E-state index in [1.165, 1.54) is 56.2 Å². The molecule has 2 bridgehead atoms. The van der Waals surface area contributed by atoms with Crippen LogP contribution in [0.1, 0.15) is 65.9 Å². The third-order valence-electron chi connectivity index (χ3n) is 6.89. The first-order valence-electron chi connectivity index (χ1n) is 9.84. The summed E-state index contributed by atoms with van der Waals surface area (Å²) in [7, 11) is 1.87. The largest absolute Gasteiger partial charge is 0.372 e. The number of piperidine rings is 1. The van der Waals surface area contributed by atoms with Gasteiger partial charge in [-0.05, 0) is 37.8 Å². The molecule has 1 aromatic heterocycles. The molecule has 0 radical (unpaired) electrons. The number of primary amides is 1. The number of ether oxygens (including phenoxy) is 1. The number of hydrogen-bond donors (Lipinski definition) is 1. The minimum atomic E-state index is -0.327. The Morgan fingerprint density at radius 3 is 2.31 bits per heavy atom. The summed E-state index contributed by atoms with van der Waals surface area (Å²) < 4.78 is 6.29. The minimum absolute atomic E-state index is 0. The Bertz CT molecular complexity index is 615. The van der Waals surface area contributed by atoms with Gasteiger partial charge in [-0.25, -0.2) is 0 Å². The highest BCUT2D eigenvalue weighted by Gasteiger charge is 2.54. The Kier molecular flexibility index (Phi) is 6.33. The van der Waals surface area contributed by atoms with Gasteiger partial charge in [0.05, 0.1) is 4.88 Å². The van der Waals surface area contributed by atoms with Crippen LogP contribution in [-0.2, 0) is 10.3 Å². The fourth-order valence-corrected chi connectivity index (χ4v) is 6.91. The average Bonchev–Trinajstić information content (AvgIpc) is 3.12. The van der Waals surface area contributed by atoms with Crippen molar-refractivity contribution in [2.45, 2.75) is 63.0 Å². The lowest BCUT2D eigenvalue weighted by molar-refractivity contribution is -0.173. The number of likely N-dealkylation sites (tertiary alicyclic amines) is 1. The number of carbonyl (C=O) groups excluding carboxylic acids is 1. The summed E-state index contributed by atoms with van der Waals surface area (Å²) in [6.45, 7) is 2.28. The fourth-order valence-electron chi connectivity index (χ4n) is 5.73. The van der Waals surface area contributed by atoms with Crippen molar-refractivity contribution in [3.8, 4) is 0 Å². The van der Waals surface area contributed by atoms with Crippen LogP contribution in [0.25, 0.3) is 0 Å². The van der Waals surface area contributed by atoms with Crippen molar-refractivity contribution in [3.05, 3.63) is 21.9 Å². The number of nitrogens with zero attached hydrogens (tertiary/aromatic N) is 1. The number of hydrogen-bond acceptors (Lipinski definition) is 4. The number of methoxy groups -OCH3 is 1. The molecule has 2 heterocycles. The minimum Gasteiger partial charge on any atom is -0.372 e. The topological polar surface area (TPSA) is 55.6 Å². The van der Waals surface area contributed by atoms with Gasteiger partial charge in [0.2, 0.25) is 0 Å². The zero-order valence-electron chi connectivity index (χ0n) is 15.6. The highest BCUT2D eigenvalue weighted by Crippen LogP contribution is 2.53. The molecule has 4 nitrogen and oxygen atoms in total. The highest BCUT2D eigenvalue weighted by molar-refractivity contribution is 7.14. The van der Waals surface area contributed by atoms with E-state index in [1.54, 1.807) is 11.3 Å². The summed E-state index contributed by atoms with van der Waals surface area (Å²) in [4.78, 5) is 16.2. The molecule has 26 heavy (non-hydrogen) atoms. The Balaban J connectivity index is 0.00000196. The molecule has 0 spiro atoms. The second-order valence-electron chi connectivity index (χ2n) is 8.10. The lowest BCUT2D eigenvalue weighted by Crippen LogP contribution is -2.60. The van der Waals surface area contributed by atoms with Crippen molar-refractivity contribution < 1.29 is 9.53 Å². The number of thiophene rings is 1. The summed E-state index contributed by atoms with van der Waals surface area (Å²) in [5, 5.41) is 0. The molecule has 2 saturated carbocycles. The molecule has 3 atom stereocenters. The lowest BCUT2D eigenvalue weighted by Gasteiger charge is -2.56. The molecule has 3 aliphatic rings. The summed E-state index contributed by atoms with van der Waals surface area (Å²) in [5.41, 5.74) is 5.28. The Labute approximate surface area is 166 Å². The molecule has 1 amide bonds. The molecule has 146 valence electrons. The number of nitrogens with two attached hydrogens (primary N) is 1. The third kappa shape index (κ3) is 3.32. The molecule has 2 aliphatic carbocycles. The monoisotopic (exact) mass is 398 g/mol. The van der Waals surface area contributed by atoms with Crippen LogP contribution in [0.4, 0.5) is 0 Å². The van der Waals surface area contributed by atoms with Gasteiger partial charge in [-0.3, -0.25) is 9.69 Å². The van der Waals surface area contributed by atoms with Gasteiger partial charge in [-0.1, -0.05) is 25.7 Å². The van der Waals surface area contributed by atoms with Crippen LogP contribution >= 0.6 is 23.7 Å². The zero-order chi connectivity index (χ0) is 17.4. The van der Waals surface area contributed by atoms with Gasteiger partial charge in [0.25, 0.3) is 5.91 Å². The van der Waals surface area contributed by atoms with Gasteiger partial charge in [-0.2, -0.15) is 0 Å². The van der Waals surface area contributed by atoms with Crippen molar-refractivity contribution in [3.63, 3.8) is 0 Å². The third-order valence-corrected chi connectivity index (χ3v) is 8.12. The molecule has 2 N–H and O–H groups in total. The lowest BCUT2D eigenvalue weighted by atomic mass is 9.64. The van der Waals surface area contributed by atoms with Crippen LogP contribution in [0, 0.1) is 11.8 Å². The summed E-state index contributed by atoms with van der Waals surface area (Å²) in [6, 6.07) is 4.75. The molecule has 6 heteroatoms. The SMILES string of the molecule is COC1(c2ccc(C(N)=O)s2)[C@@H]2CCC[C@H]1CN(C1CCCCC1)C2.Cl. The van der Waals surface area contributed by atoms with Crippen LogP contribution in [0.3, 0.4) is 0 Å². The van der Waals surface area contributed by atoms with Crippen molar-refractivity contribution in [1.29, 1.82) is 0 Å². The molecule has 3 fully saturated rings. The zero-order valence-corrected chi connectivity index (χ0v) is 17.2. The van der Waals surface area contributed by atoms with Gasteiger partial charge in [0, 0.05) is 43.0 Å². The first-order chi connectivity index (χ1) is 12.1. The van der Waals surface area contributed by atoms with Crippen LogP contribution in [0.2, 0.25) is 0 Å². The van der Waals surface area contributed by atoms with Crippen LogP contribution < -0.4 is 5.73 Å². The normalized spacial score (nSPS) is 32.8. The number of halogens is 1. The molecule has 1 aromatic rings. The smallest absolute Gasteiger partial charge is 0.258 e. The van der Waals surface area contributed by atoms with Crippen molar-refractivity contribution >= 4 is 29.7 Å². The van der Waals surface area contributed by atoms with Crippen molar-refractivity contribution in [2.75, 3.05) is 20.2 Å². The molecule has 1 aliphatic heterocycles. The quantitative estimate of drug-likeness (QED) is 0.827. The van der Waals surface area contributed by atoms with E-state index in [9.17, 15) is 4.79 Å². The first kappa shape index (κ1) is 20.1. The Morgan fingerprint density at radius 2 is 1.77 bits per heavy atom. The van der Waals surface area contributed by atoms with Gasteiger partial charge in [-0.15, -0.1) is 23.7 Å². The summed E-state index contributed by atoms with van der Waals surface area (Å²) in [5.74, 6) is 0.713. The molecular weight excluding hydrogens is 368 g/mol. The van der Waals surface area contributed by atoms with Gasteiger partial charge >= 0.3 is 0 Å². The molecule has 1 unspecified atom stereocenters. The Hall–Kier alpha value is -0.620. The van der Waals surface area contributed by atoms with E-state index in [4.69, 9.17) is 10.5 Å². The van der Waals surface area contributed by atoms with E-state index in [-0.39, 0.29) is 23.9 Å². The Morgan fingerprint density at radius 1 is 1.12 bits per heavy atom. The van der Waals surface area contributed by atoms with Crippen LogP contribution in [0.15, 0.2) is 12.1 Å². The first-order valence-corrected chi connectivity index (χ1v) is 10.7. The summed E-state index contributed by atoms with van der Waals surface area (Å²) in [6.07, 6.45) is 10.7. The standard InChI is InChI=1S/C20H30N2O2S.ClH/c1-24-20(18-11-10-17(25-18)19(21)23)14-6-5-7-15(20)13-22(12-14)16-8-3-2-4-9-16;/h10-11,14-16H,2-9,12-13H2,1H3,(H2,21,23);1H/t14-,15+,20?;. The molecular formula is C20H31ClN2O2S. The number of amides is 1. The fraction of sp³-hybridized carbons (Fsp3) is 0.750. The maximum Gasteiger partial charge on any atom is 0.258 e. The predicted octanol–water partition coefficient (Wildman–Crippen LogP) is 4.18. The molecule has 4 rings (SSSR count). The number of fused-ring (bicyclic) bond motifs is 2. The van der Waals surface area contributed by atoms with E-state index in [0.717, 1.165) is 19.1 Å². The summed E-state index contributed by atoms with van der Waals surface area (Å²) >= 11 is 1.55. The van der Waals surface area contributed by atoms with Crippen molar-refractivity contribution in [2.24, 2.45) is 17.6 Å². The van der Waals surface area contributed by atoms with E-state index in [0.29, 0.717) is 16.7 Å². The van der Waals surface area contributed by atoms with Crippen LogP contribution in [-0.4, -0.2) is 37.0 Å². The van der Waals surface area contributed by atoms with Crippen molar-refractivity contribution in [1.82, 2.24) is 4.90 Å². The highest BCUT2D eigenvalue weighted by atomic mass is 35.5. The van der Waals surface area contributed by atoms with E-state index >= 15 is 0 Å². The number of rotatable bonds is 4. The second kappa shape index (κ2) is 8.17. The van der Waals surface area contributed by atoms with E-state index in [1.807, 2.05) is 13.2 Å². The van der Waals surface area contributed by atoms with Gasteiger partial charge in [0.1, 0.15) is 5.60 Å². The average molecular weight is 399 g/mol. The van der Waals surface area contributed by atoms with E-state index < -0.39 is 0 Å². The predicted molar refractivity (Wildman–Crippen MR) is 108 cm³/mol. The van der Waals surface area contributed by atoms with Gasteiger partial charge in [0.15, 0.2) is 0 Å². The van der Waals surface area contributed by atoms with Crippen LogP contribution in [0.5, 0.6) is 0 Å². The maximum absolute atomic E-state index is 11.6.